The van der Waals surface area contributed by atoms with Gasteiger partial charge in [0.15, 0.2) is 0 Å². The van der Waals surface area contributed by atoms with Gasteiger partial charge in [0.2, 0.25) is 11.8 Å². The number of aryl methyl sites for hydroxylation is 2. The Balaban J connectivity index is 0.725. The molecule has 4 amide bonds. The normalized spacial score (nSPS) is 11.7. The Morgan fingerprint density at radius 1 is 0.347 bits per heavy atom. The molecule has 14 aromatic rings. The number of amides is 4. The van der Waals surface area contributed by atoms with E-state index in [-0.39, 0.29) is 24.7 Å². The summed E-state index contributed by atoms with van der Waals surface area (Å²) in [6.07, 6.45) is 6.88. The zero-order valence-electron chi connectivity index (χ0n) is 52.7. The standard InChI is InChI=1S/C78H58N12O4S4/c1-47-65(87-75(95-47)53-29-35-57(36-30-53)83-73(93)63(43-49-19-7-3-8-20-49)85-71(91)55-33-39-61(81-45-55)59-27-15-17-41-79-59)69-67(89-77(97-69)51-23-11-5-12-24-51)68-70(98-78(90-68)52-25-13-6-14-26-52)66-48(2)96-76(88-66)54-31-37-58(38-32-54)84-74(94)64(44-50-21-9-4-10-22-50)86-72(92)56-34-40-62(82-46-56)60-28-16-18-42-80-60/h3-42,45-46,63-64H,43-44H2,1-2H3,(H,83,93)(H,84,94)(H,85,91)(H,86,92). The molecule has 8 aromatic heterocycles. The fourth-order valence-electron chi connectivity index (χ4n) is 11.0. The molecule has 0 saturated carbocycles. The quantitative estimate of drug-likeness (QED) is 0.0528. The molecule has 0 spiro atoms. The summed E-state index contributed by atoms with van der Waals surface area (Å²) in [6, 6.07) is 70.6. The minimum Gasteiger partial charge on any atom is -0.340 e. The highest BCUT2D eigenvalue weighted by Crippen LogP contribution is 2.50. The number of hydrogen-bond acceptors (Lipinski definition) is 16. The number of carbonyl (C=O) groups excluding carboxylic acids is 4. The SMILES string of the molecule is Cc1sc(-c2ccc(NC(=O)C(Cc3ccccc3)NC(=O)c3ccc(-c4ccccn4)nc3)cc2)nc1-c1sc(-c2ccccc2)nc1-c1nc(-c2ccccc2)sc1-c1nc(-c2ccc(NC(=O)C(Cc3ccccc3)NC(=O)c3ccc(-c4ccccn4)nc3)cc2)sc1C. The van der Waals surface area contributed by atoms with Gasteiger partial charge in [-0.25, -0.2) is 19.9 Å². The summed E-state index contributed by atoms with van der Waals surface area (Å²) in [4.78, 5) is 98.9. The van der Waals surface area contributed by atoms with Gasteiger partial charge >= 0.3 is 0 Å². The maximum atomic E-state index is 14.2. The third-order valence-electron chi connectivity index (χ3n) is 16.1. The first-order valence-corrected chi connectivity index (χ1v) is 34.6. The van der Waals surface area contributed by atoms with Crippen molar-refractivity contribution in [1.82, 2.24) is 50.5 Å². The molecule has 0 aliphatic heterocycles. The van der Waals surface area contributed by atoms with Crippen LogP contribution in [0.2, 0.25) is 0 Å². The fourth-order valence-corrected chi connectivity index (χ4v) is 15.2. The Morgan fingerprint density at radius 2 is 0.684 bits per heavy atom. The van der Waals surface area contributed by atoms with E-state index in [4.69, 9.17) is 19.9 Å². The first-order valence-electron chi connectivity index (χ1n) is 31.4. The van der Waals surface area contributed by atoms with Crippen LogP contribution in [0.1, 0.15) is 41.6 Å². The second-order valence-corrected chi connectivity index (χ2v) is 27.2. The average Bonchev–Trinajstić information content (AvgIpc) is 1.60. The number of anilines is 2. The van der Waals surface area contributed by atoms with Gasteiger partial charge in [-0.3, -0.25) is 39.1 Å². The van der Waals surface area contributed by atoms with Crippen molar-refractivity contribution < 1.29 is 19.2 Å². The smallest absolute Gasteiger partial charge is 0.253 e. The predicted molar refractivity (Wildman–Crippen MR) is 392 cm³/mol. The predicted octanol–water partition coefficient (Wildman–Crippen LogP) is 16.7. The monoisotopic (exact) mass is 1350 g/mol. The van der Waals surface area contributed by atoms with Crippen LogP contribution in [0.4, 0.5) is 11.4 Å². The molecule has 98 heavy (non-hydrogen) atoms. The summed E-state index contributed by atoms with van der Waals surface area (Å²) in [5, 5.41) is 15.2. The summed E-state index contributed by atoms with van der Waals surface area (Å²) in [5.74, 6) is -1.61. The third kappa shape index (κ3) is 14.6. The molecular weight excluding hydrogens is 1300 g/mol. The van der Waals surface area contributed by atoms with Crippen molar-refractivity contribution in [1.29, 1.82) is 0 Å². The highest BCUT2D eigenvalue weighted by atomic mass is 32.1. The van der Waals surface area contributed by atoms with Crippen LogP contribution in [0.15, 0.2) is 255 Å². The van der Waals surface area contributed by atoms with Crippen LogP contribution in [0.25, 0.3) is 97.6 Å². The van der Waals surface area contributed by atoms with Gasteiger partial charge in [-0.1, -0.05) is 133 Å². The first-order chi connectivity index (χ1) is 48.0. The van der Waals surface area contributed by atoms with Gasteiger partial charge in [0.1, 0.15) is 43.5 Å². The number of pyridine rings is 4. The Labute approximate surface area is 580 Å². The van der Waals surface area contributed by atoms with Crippen LogP contribution in [-0.4, -0.2) is 75.6 Å². The molecule has 16 nitrogen and oxygen atoms in total. The van der Waals surface area contributed by atoms with Gasteiger partial charge in [-0.2, -0.15) is 0 Å². The Hall–Kier alpha value is -11.7. The summed E-state index contributed by atoms with van der Waals surface area (Å²) in [7, 11) is 0. The molecule has 0 fully saturated rings. The van der Waals surface area contributed by atoms with E-state index in [1.807, 2.05) is 182 Å². The highest BCUT2D eigenvalue weighted by Gasteiger charge is 2.30. The van der Waals surface area contributed by atoms with Gasteiger partial charge in [-0.15, -0.1) is 45.3 Å². The van der Waals surface area contributed by atoms with E-state index in [1.165, 1.54) is 12.4 Å². The Kier molecular flexibility index (Phi) is 18.9. The topological polar surface area (TPSA) is 220 Å². The van der Waals surface area contributed by atoms with Crippen LogP contribution in [-0.2, 0) is 22.4 Å². The second kappa shape index (κ2) is 29.1. The van der Waals surface area contributed by atoms with Gasteiger partial charge in [0.05, 0.1) is 55.0 Å². The molecule has 2 unspecified atom stereocenters. The third-order valence-corrected chi connectivity index (χ3v) is 20.3. The lowest BCUT2D eigenvalue weighted by Crippen LogP contribution is -2.45. The molecule has 8 heterocycles. The highest BCUT2D eigenvalue weighted by molar-refractivity contribution is 7.21. The molecule has 478 valence electrons. The lowest BCUT2D eigenvalue weighted by Gasteiger charge is -2.19. The molecular formula is C78H58N12O4S4. The van der Waals surface area contributed by atoms with Crippen LogP contribution in [0.3, 0.4) is 0 Å². The lowest BCUT2D eigenvalue weighted by molar-refractivity contribution is -0.118. The summed E-state index contributed by atoms with van der Waals surface area (Å²) >= 11 is 6.26. The van der Waals surface area contributed by atoms with Gasteiger partial charge in [0, 0.05) is 81.0 Å². The summed E-state index contributed by atoms with van der Waals surface area (Å²) < 4.78 is 0. The van der Waals surface area contributed by atoms with Gasteiger partial charge in [-0.05, 0) is 122 Å². The number of nitrogens with zero attached hydrogens (tertiary/aromatic N) is 8. The van der Waals surface area contributed by atoms with Crippen LogP contribution in [0.5, 0.6) is 0 Å². The van der Waals surface area contributed by atoms with Crippen LogP contribution in [0, 0.1) is 13.8 Å². The molecule has 4 N–H and O–H groups in total. The van der Waals surface area contributed by atoms with Crippen LogP contribution >= 0.6 is 45.3 Å². The van der Waals surface area contributed by atoms with Crippen molar-refractivity contribution in [3.8, 4) is 97.6 Å². The zero-order chi connectivity index (χ0) is 66.9. The fraction of sp³-hybridized carbons (Fsp3) is 0.0769. The molecule has 0 bridgehead atoms. The van der Waals surface area contributed by atoms with E-state index in [9.17, 15) is 19.2 Å². The number of aromatic nitrogens is 8. The molecule has 20 heteroatoms. The minimum absolute atomic E-state index is 0.259. The average molecular weight is 1360 g/mol. The van der Waals surface area contributed by atoms with Crippen molar-refractivity contribution in [2.45, 2.75) is 38.8 Å². The van der Waals surface area contributed by atoms with E-state index >= 15 is 0 Å². The maximum absolute atomic E-state index is 14.2. The molecule has 0 saturated heterocycles. The minimum atomic E-state index is -0.911. The molecule has 0 radical (unpaired) electrons. The van der Waals surface area contributed by atoms with Crippen LogP contribution < -0.4 is 21.3 Å². The van der Waals surface area contributed by atoms with E-state index in [2.05, 4.69) is 79.3 Å². The number of benzene rings is 6. The lowest BCUT2D eigenvalue weighted by atomic mass is 10.0. The number of hydrogen-bond donors (Lipinski definition) is 4. The zero-order valence-corrected chi connectivity index (χ0v) is 55.9. The van der Waals surface area contributed by atoms with Gasteiger partial charge < -0.3 is 21.3 Å². The molecule has 0 aliphatic carbocycles. The van der Waals surface area contributed by atoms with E-state index < -0.39 is 23.9 Å². The molecule has 0 aliphatic rings. The number of carbonyl (C=O) groups is 4. The maximum Gasteiger partial charge on any atom is 0.253 e. The molecule has 14 rings (SSSR count). The van der Waals surface area contributed by atoms with E-state index in [1.54, 1.807) is 82.0 Å². The Bertz CT molecular complexity index is 4790. The van der Waals surface area contributed by atoms with E-state index in [0.717, 1.165) is 84.3 Å². The summed E-state index contributed by atoms with van der Waals surface area (Å²) in [5.41, 5.74) is 12.7. The van der Waals surface area contributed by atoms with Crippen molar-refractivity contribution in [2.24, 2.45) is 0 Å². The number of rotatable bonds is 21. The van der Waals surface area contributed by atoms with Crippen molar-refractivity contribution in [2.75, 3.05) is 10.6 Å². The number of thiazole rings is 4. The second-order valence-electron chi connectivity index (χ2n) is 22.8. The van der Waals surface area contributed by atoms with Gasteiger partial charge in [0.25, 0.3) is 11.8 Å². The van der Waals surface area contributed by atoms with E-state index in [0.29, 0.717) is 56.7 Å². The first kappa shape index (κ1) is 63.7. The molecule has 6 aromatic carbocycles. The largest absolute Gasteiger partial charge is 0.340 e. The number of nitrogens with one attached hydrogen (secondary N) is 4. The van der Waals surface area contributed by atoms with Crippen molar-refractivity contribution >= 4 is 80.4 Å². The summed E-state index contributed by atoms with van der Waals surface area (Å²) in [6.45, 7) is 4.14. The molecule has 2 atom stereocenters. The Morgan fingerprint density at radius 3 is 1.04 bits per heavy atom. The van der Waals surface area contributed by atoms with Crippen molar-refractivity contribution in [3.63, 3.8) is 0 Å². The van der Waals surface area contributed by atoms with Crippen molar-refractivity contribution in [3.05, 3.63) is 287 Å².